The van der Waals surface area contributed by atoms with E-state index in [-0.39, 0.29) is 6.04 Å². The van der Waals surface area contributed by atoms with Crippen LogP contribution < -0.4 is 0 Å². The zero-order chi connectivity index (χ0) is 18.8. The number of hydrogen-bond acceptors (Lipinski definition) is 1. The molecule has 5 rings (SSSR count). The van der Waals surface area contributed by atoms with Crippen molar-refractivity contribution in [2.24, 2.45) is 0 Å². The average Bonchev–Trinajstić information content (AvgIpc) is 3.09. The highest BCUT2D eigenvalue weighted by Gasteiger charge is 2.32. The highest BCUT2D eigenvalue weighted by Crippen LogP contribution is 2.46. The van der Waals surface area contributed by atoms with E-state index in [0.717, 1.165) is 13.1 Å². The minimum atomic E-state index is 0.271. The Morgan fingerprint density at radius 2 is 0.857 bits per heavy atom. The molecule has 0 fully saturated rings. The van der Waals surface area contributed by atoms with Crippen molar-refractivity contribution in [1.29, 1.82) is 0 Å². The van der Waals surface area contributed by atoms with E-state index in [1.165, 1.54) is 33.4 Å². The molecule has 136 valence electrons. The molecule has 1 heteroatoms. The van der Waals surface area contributed by atoms with Gasteiger partial charge in [-0.25, -0.2) is 0 Å². The lowest BCUT2D eigenvalue weighted by Gasteiger charge is -2.31. The summed E-state index contributed by atoms with van der Waals surface area (Å²) in [5.74, 6) is 0. The van der Waals surface area contributed by atoms with Crippen LogP contribution in [0.15, 0.2) is 109 Å². The van der Waals surface area contributed by atoms with Crippen LogP contribution in [0, 0.1) is 0 Å². The first-order chi connectivity index (χ1) is 13.9. The van der Waals surface area contributed by atoms with E-state index >= 15 is 0 Å². The molecule has 0 saturated carbocycles. The summed E-state index contributed by atoms with van der Waals surface area (Å²) in [6.07, 6.45) is 0. The van der Waals surface area contributed by atoms with Gasteiger partial charge in [0.1, 0.15) is 0 Å². The van der Waals surface area contributed by atoms with E-state index in [0.29, 0.717) is 0 Å². The molecule has 1 aliphatic rings. The summed E-state index contributed by atoms with van der Waals surface area (Å²) in [4.78, 5) is 2.61. The number of fused-ring (bicyclic) bond motifs is 3. The molecule has 1 nitrogen and oxygen atoms in total. The molecule has 4 aromatic carbocycles. The molecule has 0 radical (unpaired) electrons. The fourth-order valence-electron chi connectivity index (χ4n) is 4.40. The van der Waals surface area contributed by atoms with Crippen LogP contribution in [0.4, 0.5) is 0 Å². The fraction of sp³-hybridized carbons (Fsp3) is 0.111. The summed E-state index contributed by atoms with van der Waals surface area (Å²) in [6.45, 7) is 1.84. The minimum absolute atomic E-state index is 0.271. The van der Waals surface area contributed by atoms with Gasteiger partial charge in [-0.15, -0.1) is 0 Å². The van der Waals surface area contributed by atoms with Gasteiger partial charge in [-0.1, -0.05) is 109 Å². The Bertz CT molecular complexity index is 982. The van der Waals surface area contributed by atoms with Crippen molar-refractivity contribution in [3.8, 4) is 11.1 Å². The molecule has 4 aromatic rings. The molecule has 0 aromatic heterocycles. The lowest BCUT2D eigenvalue weighted by Crippen LogP contribution is -2.27. The van der Waals surface area contributed by atoms with Crippen LogP contribution in [0.1, 0.15) is 28.3 Å². The normalized spacial score (nSPS) is 12.8. The predicted octanol–water partition coefficient (Wildman–Crippen LogP) is 6.46. The molecule has 0 aliphatic heterocycles. The zero-order valence-electron chi connectivity index (χ0n) is 15.8. The summed E-state index contributed by atoms with van der Waals surface area (Å²) in [7, 11) is 0. The molecule has 0 bridgehead atoms. The topological polar surface area (TPSA) is 3.24 Å². The van der Waals surface area contributed by atoms with Gasteiger partial charge in [0.2, 0.25) is 0 Å². The highest BCUT2D eigenvalue weighted by molar-refractivity contribution is 5.78. The first kappa shape index (κ1) is 17.0. The third kappa shape index (κ3) is 3.15. The summed E-state index contributed by atoms with van der Waals surface area (Å²) >= 11 is 0. The van der Waals surface area contributed by atoms with Crippen molar-refractivity contribution in [2.45, 2.75) is 19.1 Å². The van der Waals surface area contributed by atoms with Crippen LogP contribution in [-0.2, 0) is 13.1 Å². The molecular formula is C27H23N. The van der Waals surface area contributed by atoms with E-state index in [9.17, 15) is 0 Å². The van der Waals surface area contributed by atoms with Gasteiger partial charge < -0.3 is 0 Å². The molecule has 0 unspecified atom stereocenters. The molecule has 0 spiro atoms. The van der Waals surface area contributed by atoms with Crippen LogP contribution in [0.25, 0.3) is 11.1 Å². The standard InChI is InChI=1S/C27H23N/c1-3-11-21(12-4-1)19-28(20-22-13-5-2-6-14-22)27-25-17-9-7-15-23(25)24-16-8-10-18-26(24)27/h1-18,27H,19-20H2. The van der Waals surface area contributed by atoms with Gasteiger partial charge in [0.25, 0.3) is 0 Å². The van der Waals surface area contributed by atoms with E-state index in [1.807, 2.05) is 0 Å². The third-order valence-corrected chi connectivity index (χ3v) is 5.62. The van der Waals surface area contributed by atoms with Crippen molar-refractivity contribution in [3.63, 3.8) is 0 Å². The zero-order valence-corrected chi connectivity index (χ0v) is 15.8. The Balaban J connectivity index is 1.60. The Labute approximate surface area is 166 Å². The smallest absolute Gasteiger partial charge is 0.0620 e. The van der Waals surface area contributed by atoms with Crippen LogP contribution in [0.3, 0.4) is 0 Å². The maximum absolute atomic E-state index is 2.61. The van der Waals surface area contributed by atoms with Crippen molar-refractivity contribution >= 4 is 0 Å². The fourth-order valence-corrected chi connectivity index (χ4v) is 4.40. The molecule has 0 N–H and O–H groups in total. The van der Waals surface area contributed by atoms with Gasteiger partial charge >= 0.3 is 0 Å². The van der Waals surface area contributed by atoms with E-state index in [4.69, 9.17) is 0 Å². The Hall–Kier alpha value is -3.16. The Kier molecular flexibility index (Phi) is 4.52. The lowest BCUT2D eigenvalue weighted by molar-refractivity contribution is 0.210. The summed E-state index contributed by atoms with van der Waals surface area (Å²) in [5, 5.41) is 0. The molecule has 0 heterocycles. The molecule has 28 heavy (non-hydrogen) atoms. The first-order valence-electron chi connectivity index (χ1n) is 9.90. The number of nitrogens with zero attached hydrogens (tertiary/aromatic N) is 1. The molecule has 0 saturated heterocycles. The van der Waals surface area contributed by atoms with Crippen molar-refractivity contribution in [1.82, 2.24) is 4.90 Å². The van der Waals surface area contributed by atoms with Gasteiger partial charge in [-0.05, 0) is 33.4 Å². The van der Waals surface area contributed by atoms with Gasteiger partial charge in [0, 0.05) is 13.1 Å². The molecule has 0 atom stereocenters. The number of hydrogen-bond donors (Lipinski definition) is 0. The maximum atomic E-state index is 2.61. The SMILES string of the molecule is c1ccc(CN(Cc2ccccc2)C2c3ccccc3-c3ccccc32)cc1. The van der Waals surface area contributed by atoms with Crippen LogP contribution in [-0.4, -0.2) is 4.90 Å². The molecular weight excluding hydrogens is 338 g/mol. The maximum Gasteiger partial charge on any atom is 0.0620 e. The second kappa shape index (κ2) is 7.46. The van der Waals surface area contributed by atoms with Crippen LogP contribution in [0.2, 0.25) is 0 Å². The Morgan fingerprint density at radius 1 is 0.464 bits per heavy atom. The van der Waals surface area contributed by atoms with Crippen molar-refractivity contribution < 1.29 is 0 Å². The molecule has 1 aliphatic carbocycles. The highest BCUT2D eigenvalue weighted by atomic mass is 15.2. The summed E-state index contributed by atoms with van der Waals surface area (Å²) < 4.78 is 0. The second-order valence-electron chi connectivity index (χ2n) is 7.45. The monoisotopic (exact) mass is 361 g/mol. The van der Waals surface area contributed by atoms with Crippen LogP contribution >= 0.6 is 0 Å². The van der Waals surface area contributed by atoms with E-state index in [2.05, 4.69) is 114 Å². The number of benzene rings is 4. The largest absolute Gasteiger partial charge is 0.284 e. The van der Waals surface area contributed by atoms with Gasteiger partial charge in [0.05, 0.1) is 6.04 Å². The van der Waals surface area contributed by atoms with Gasteiger partial charge in [-0.2, -0.15) is 0 Å². The quantitative estimate of drug-likeness (QED) is 0.394. The van der Waals surface area contributed by atoms with E-state index in [1.54, 1.807) is 0 Å². The third-order valence-electron chi connectivity index (χ3n) is 5.62. The van der Waals surface area contributed by atoms with Crippen molar-refractivity contribution in [3.05, 3.63) is 131 Å². The average molecular weight is 361 g/mol. The second-order valence-corrected chi connectivity index (χ2v) is 7.45. The lowest BCUT2D eigenvalue weighted by atomic mass is 10.0. The summed E-state index contributed by atoms with van der Waals surface area (Å²) in [6, 6.07) is 39.6. The molecule has 0 amide bonds. The van der Waals surface area contributed by atoms with Gasteiger partial charge in [0.15, 0.2) is 0 Å². The number of rotatable bonds is 5. The van der Waals surface area contributed by atoms with E-state index < -0.39 is 0 Å². The summed E-state index contributed by atoms with van der Waals surface area (Å²) in [5.41, 5.74) is 8.26. The van der Waals surface area contributed by atoms with Gasteiger partial charge in [-0.3, -0.25) is 4.90 Å². The first-order valence-corrected chi connectivity index (χ1v) is 9.90. The minimum Gasteiger partial charge on any atom is -0.284 e. The predicted molar refractivity (Wildman–Crippen MR) is 116 cm³/mol. The van der Waals surface area contributed by atoms with Crippen LogP contribution in [0.5, 0.6) is 0 Å². The van der Waals surface area contributed by atoms with Crippen molar-refractivity contribution in [2.75, 3.05) is 0 Å². The Morgan fingerprint density at radius 3 is 1.32 bits per heavy atom.